The van der Waals surface area contributed by atoms with Crippen molar-refractivity contribution < 1.29 is 9.53 Å². The van der Waals surface area contributed by atoms with Crippen LogP contribution in [0.2, 0.25) is 0 Å². The number of rotatable bonds is 6. The molecular formula is C25H28N2O2. The number of carbonyl (C=O) groups excluding carboxylic acids is 1. The third kappa shape index (κ3) is 4.70. The molecule has 150 valence electrons. The number of nitrogens with zero attached hydrogens (tertiary/aromatic N) is 1. The number of nitrogens with one attached hydrogen (secondary N) is 1. The Hall–Kier alpha value is -3.01. The Labute approximate surface area is 172 Å². The normalized spacial score (nSPS) is 15.1. The molecule has 1 atom stereocenters. The second-order valence-electron chi connectivity index (χ2n) is 7.67. The smallest absolute Gasteiger partial charge is 0.261 e. The highest BCUT2D eigenvalue weighted by atomic mass is 16.5. The van der Waals surface area contributed by atoms with Crippen LogP contribution in [-0.2, 0) is 11.3 Å². The van der Waals surface area contributed by atoms with Gasteiger partial charge in [-0.15, -0.1) is 0 Å². The van der Waals surface area contributed by atoms with Gasteiger partial charge >= 0.3 is 0 Å². The topological polar surface area (TPSA) is 41.6 Å². The number of carbonyl (C=O) groups is 1. The van der Waals surface area contributed by atoms with Gasteiger partial charge in [0.05, 0.1) is 0 Å². The highest BCUT2D eigenvalue weighted by Crippen LogP contribution is 2.26. The zero-order chi connectivity index (χ0) is 20.1. The molecule has 0 bridgehead atoms. The summed E-state index contributed by atoms with van der Waals surface area (Å²) in [6, 6.07) is 22.4. The molecule has 1 aliphatic heterocycles. The lowest BCUT2D eigenvalue weighted by Gasteiger charge is -2.28. The Morgan fingerprint density at radius 3 is 2.48 bits per heavy atom. The van der Waals surface area contributed by atoms with Crippen molar-refractivity contribution in [1.82, 2.24) is 5.32 Å². The summed E-state index contributed by atoms with van der Waals surface area (Å²) in [5.41, 5.74) is 2.36. The van der Waals surface area contributed by atoms with Gasteiger partial charge in [0.15, 0.2) is 6.10 Å². The number of fused-ring (bicyclic) bond motifs is 1. The van der Waals surface area contributed by atoms with Crippen LogP contribution in [0.1, 0.15) is 31.7 Å². The van der Waals surface area contributed by atoms with Crippen LogP contribution in [0.5, 0.6) is 5.75 Å². The van der Waals surface area contributed by atoms with Gasteiger partial charge in [-0.3, -0.25) is 4.79 Å². The number of hydrogen-bond donors (Lipinski definition) is 1. The van der Waals surface area contributed by atoms with Crippen molar-refractivity contribution in [2.45, 2.75) is 38.8 Å². The summed E-state index contributed by atoms with van der Waals surface area (Å²) < 4.78 is 5.96. The summed E-state index contributed by atoms with van der Waals surface area (Å²) in [6.45, 7) is 4.57. The van der Waals surface area contributed by atoms with E-state index in [2.05, 4.69) is 34.5 Å². The first-order valence-electron chi connectivity index (χ1n) is 10.5. The first kappa shape index (κ1) is 19.3. The van der Waals surface area contributed by atoms with Crippen LogP contribution in [0.3, 0.4) is 0 Å². The van der Waals surface area contributed by atoms with Crippen molar-refractivity contribution in [3.63, 3.8) is 0 Å². The van der Waals surface area contributed by atoms with Crippen LogP contribution >= 0.6 is 0 Å². The Morgan fingerprint density at radius 2 is 1.69 bits per heavy atom. The fourth-order valence-corrected chi connectivity index (χ4v) is 3.85. The van der Waals surface area contributed by atoms with Crippen molar-refractivity contribution in [2.24, 2.45) is 0 Å². The van der Waals surface area contributed by atoms with Gasteiger partial charge in [-0.1, -0.05) is 48.5 Å². The van der Waals surface area contributed by atoms with E-state index in [0.29, 0.717) is 6.54 Å². The molecule has 1 fully saturated rings. The molecule has 3 aromatic carbocycles. The molecule has 0 aliphatic carbocycles. The van der Waals surface area contributed by atoms with Crippen molar-refractivity contribution in [1.29, 1.82) is 0 Å². The van der Waals surface area contributed by atoms with Gasteiger partial charge in [0.2, 0.25) is 0 Å². The van der Waals surface area contributed by atoms with Crippen LogP contribution in [-0.4, -0.2) is 25.1 Å². The molecule has 1 saturated heterocycles. The molecule has 0 spiro atoms. The molecule has 0 unspecified atom stereocenters. The van der Waals surface area contributed by atoms with E-state index in [1.54, 1.807) is 6.92 Å². The number of amides is 1. The summed E-state index contributed by atoms with van der Waals surface area (Å²) in [5, 5.41) is 5.11. The predicted molar refractivity (Wildman–Crippen MR) is 118 cm³/mol. The third-order valence-electron chi connectivity index (χ3n) is 5.55. The molecule has 4 rings (SSSR count). The number of anilines is 1. The van der Waals surface area contributed by atoms with E-state index < -0.39 is 6.10 Å². The van der Waals surface area contributed by atoms with Crippen molar-refractivity contribution in [3.05, 3.63) is 72.3 Å². The van der Waals surface area contributed by atoms with E-state index in [9.17, 15) is 4.79 Å². The molecule has 1 aliphatic rings. The lowest BCUT2D eigenvalue weighted by molar-refractivity contribution is -0.127. The number of ether oxygens (including phenoxy) is 1. The van der Waals surface area contributed by atoms with E-state index in [1.165, 1.54) is 24.9 Å². The number of piperidine rings is 1. The Balaban J connectivity index is 1.33. The molecule has 0 radical (unpaired) electrons. The fourth-order valence-electron chi connectivity index (χ4n) is 3.85. The largest absolute Gasteiger partial charge is 0.480 e. The first-order chi connectivity index (χ1) is 14.2. The lowest BCUT2D eigenvalue weighted by atomic mass is 10.1. The summed E-state index contributed by atoms with van der Waals surface area (Å²) in [6.07, 6.45) is 3.31. The Kier molecular flexibility index (Phi) is 5.99. The summed E-state index contributed by atoms with van der Waals surface area (Å²) >= 11 is 0. The molecule has 1 heterocycles. The van der Waals surface area contributed by atoms with Crippen LogP contribution in [0.4, 0.5) is 5.69 Å². The fraction of sp³-hybridized carbons (Fsp3) is 0.320. The molecule has 1 N–H and O–H groups in total. The molecule has 3 aromatic rings. The summed E-state index contributed by atoms with van der Waals surface area (Å²) in [4.78, 5) is 15.0. The second kappa shape index (κ2) is 8.99. The average Bonchev–Trinajstić information content (AvgIpc) is 2.78. The van der Waals surface area contributed by atoms with Crippen LogP contribution in [0.25, 0.3) is 10.8 Å². The van der Waals surface area contributed by atoms with E-state index in [4.69, 9.17) is 4.74 Å². The second-order valence-corrected chi connectivity index (χ2v) is 7.67. The van der Waals surface area contributed by atoms with Crippen molar-refractivity contribution >= 4 is 22.4 Å². The van der Waals surface area contributed by atoms with Gasteiger partial charge in [0.25, 0.3) is 5.91 Å². The highest BCUT2D eigenvalue weighted by molar-refractivity contribution is 5.89. The molecule has 0 saturated carbocycles. The standard InChI is InChI=1S/C25H28N2O2/c1-19(29-24-11-7-9-21-8-3-4-10-23(21)24)25(28)26-18-20-12-14-22(15-13-20)27-16-5-2-6-17-27/h3-4,7-15,19H,2,5-6,16-18H2,1H3,(H,26,28)/t19-/m0/s1. The lowest BCUT2D eigenvalue weighted by Crippen LogP contribution is -2.36. The van der Waals surface area contributed by atoms with E-state index >= 15 is 0 Å². The maximum absolute atomic E-state index is 12.5. The summed E-state index contributed by atoms with van der Waals surface area (Å²) in [5.74, 6) is 0.620. The minimum absolute atomic E-state index is 0.113. The van der Waals surface area contributed by atoms with Crippen molar-refractivity contribution in [3.8, 4) is 5.75 Å². The highest BCUT2D eigenvalue weighted by Gasteiger charge is 2.16. The van der Waals surface area contributed by atoms with Gasteiger partial charge in [0, 0.05) is 30.7 Å². The molecular weight excluding hydrogens is 360 g/mol. The minimum Gasteiger partial charge on any atom is -0.480 e. The SMILES string of the molecule is C[C@H](Oc1cccc2ccccc12)C(=O)NCc1ccc(N2CCCCC2)cc1. The maximum Gasteiger partial charge on any atom is 0.261 e. The molecule has 4 nitrogen and oxygen atoms in total. The first-order valence-corrected chi connectivity index (χ1v) is 10.5. The maximum atomic E-state index is 12.5. The number of hydrogen-bond acceptors (Lipinski definition) is 3. The van der Waals surface area contributed by atoms with Crippen LogP contribution < -0.4 is 15.0 Å². The van der Waals surface area contributed by atoms with Gasteiger partial charge in [-0.25, -0.2) is 0 Å². The van der Waals surface area contributed by atoms with Crippen LogP contribution in [0.15, 0.2) is 66.7 Å². The van der Waals surface area contributed by atoms with Gasteiger partial charge in [0.1, 0.15) is 5.75 Å². The number of benzene rings is 3. The van der Waals surface area contributed by atoms with Gasteiger partial charge in [-0.2, -0.15) is 0 Å². The van der Waals surface area contributed by atoms with E-state index in [0.717, 1.165) is 35.2 Å². The molecule has 0 aromatic heterocycles. The molecule has 4 heteroatoms. The van der Waals surface area contributed by atoms with Crippen molar-refractivity contribution in [2.75, 3.05) is 18.0 Å². The zero-order valence-corrected chi connectivity index (χ0v) is 16.9. The zero-order valence-electron chi connectivity index (χ0n) is 16.9. The third-order valence-corrected chi connectivity index (χ3v) is 5.55. The van der Waals surface area contributed by atoms with E-state index in [1.807, 2.05) is 42.5 Å². The van der Waals surface area contributed by atoms with Gasteiger partial charge in [-0.05, 0) is 55.3 Å². The quantitative estimate of drug-likeness (QED) is 0.652. The molecule has 29 heavy (non-hydrogen) atoms. The summed E-state index contributed by atoms with van der Waals surface area (Å²) in [7, 11) is 0. The van der Waals surface area contributed by atoms with E-state index in [-0.39, 0.29) is 5.91 Å². The predicted octanol–water partition coefficient (Wildman–Crippen LogP) is 4.91. The minimum atomic E-state index is -0.562. The Bertz CT molecular complexity index is 957. The van der Waals surface area contributed by atoms with Crippen LogP contribution in [0, 0.1) is 0 Å². The Morgan fingerprint density at radius 1 is 0.966 bits per heavy atom. The average molecular weight is 389 g/mol. The molecule has 1 amide bonds. The monoisotopic (exact) mass is 388 g/mol. The van der Waals surface area contributed by atoms with Gasteiger partial charge < -0.3 is 15.0 Å².